The highest BCUT2D eigenvalue weighted by molar-refractivity contribution is 5.76. The zero-order chi connectivity index (χ0) is 15.5. The van der Waals surface area contributed by atoms with Crippen LogP contribution in [0.2, 0.25) is 0 Å². The lowest BCUT2D eigenvalue weighted by atomic mass is 9.94. The molecule has 0 bridgehead atoms. The smallest absolute Gasteiger partial charge is 0.320 e. The fourth-order valence-corrected chi connectivity index (χ4v) is 3.14. The van der Waals surface area contributed by atoms with Gasteiger partial charge in [-0.25, -0.2) is 4.79 Å². The molecule has 2 amide bonds. The number of aliphatic hydroxyl groups is 1. The van der Waals surface area contributed by atoms with E-state index >= 15 is 0 Å². The summed E-state index contributed by atoms with van der Waals surface area (Å²) in [5, 5.41) is 19.4. The molecule has 0 aromatic heterocycles. The van der Waals surface area contributed by atoms with Crippen molar-refractivity contribution in [2.75, 3.05) is 33.4 Å². The molecule has 21 heavy (non-hydrogen) atoms. The summed E-state index contributed by atoms with van der Waals surface area (Å²) in [4.78, 5) is 26.5. The maximum atomic E-state index is 12.5. The normalized spacial score (nSPS) is 24.9. The Morgan fingerprint density at radius 1 is 1.38 bits per heavy atom. The van der Waals surface area contributed by atoms with Crippen molar-refractivity contribution in [3.8, 4) is 0 Å². The lowest BCUT2D eigenvalue weighted by molar-refractivity contribution is -0.138. The highest BCUT2D eigenvalue weighted by Crippen LogP contribution is 2.24. The first kappa shape index (κ1) is 16.0. The minimum Gasteiger partial charge on any atom is -0.481 e. The molecule has 2 aliphatic rings. The molecule has 1 atom stereocenters. The Morgan fingerprint density at radius 2 is 2.05 bits per heavy atom. The van der Waals surface area contributed by atoms with E-state index in [9.17, 15) is 14.7 Å². The maximum absolute atomic E-state index is 12.5. The van der Waals surface area contributed by atoms with E-state index in [1.807, 2.05) is 0 Å². The average Bonchev–Trinajstić information content (AvgIpc) is 2.85. The van der Waals surface area contributed by atoms with Crippen LogP contribution in [0.15, 0.2) is 0 Å². The maximum Gasteiger partial charge on any atom is 0.320 e. The predicted octanol–water partition coefficient (Wildman–Crippen LogP) is 0.519. The van der Waals surface area contributed by atoms with Crippen molar-refractivity contribution in [1.29, 1.82) is 0 Å². The molecular weight excluding hydrogens is 276 g/mol. The summed E-state index contributed by atoms with van der Waals surface area (Å²) in [6, 6.07) is -0.430. The molecule has 2 heterocycles. The van der Waals surface area contributed by atoms with Gasteiger partial charge < -0.3 is 24.7 Å². The molecule has 2 fully saturated rings. The number of carbonyl (C=O) groups is 2. The molecule has 7 nitrogen and oxygen atoms in total. The van der Waals surface area contributed by atoms with Crippen molar-refractivity contribution in [1.82, 2.24) is 9.80 Å². The van der Waals surface area contributed by atoms with Gasteiger partial charge in [-0.3, -0.25) is 4.79 Å². The number of likely N-dealkylation sites (tertiary alicyclic amines) is 1. The predicted molar refractivity (Wildman–Crippen MR) is 75.0 cm³/mol. The van der Waals surface area contributed by atoms with Gasteiger partial charge in [-0.1, -0.05) is 0 Å². The van der Waals surface area contributed by atoms with E-state index < -0.39 is 11.6 Å². The van der Waals surface area contributed by atoms with Crippen LogP contribution in [0.25, 0.3) is 0 Å². The molecular formula is C14H24N2O5. The number of carboxylic acids is 1. The molecule has 120 valence electrons. The fraction of sp³-hybridized carbons (Fsp3) is 0.857. The largest absolute Gasteiger partial charge is 0.481 e. The number of hydrogen-bond donors (Lipinski definition) is 2. The SMILES string of the molecule is CN(CC1(O)CCOCC1)C(=O)N1CCCC1CC(=O)O. The summed E-state index contributed by atoms with van der Waals surface area (Å²) in [6.45, 7) is 1.85. The van der Waals surface area contributed by atoms with E-state index in [2.05, 4.69) is 0 Å². The first-order valence-corrected chi connectivity index (χ1v) is 7.45. The van der Waals surface area contributed by atoms with Gasteiger partial charge in [0, 0.05) is 45.7 Å². The van der Waals surface area contributed by atoms with Crippen LogP contribution >= 0.6 is 0 Å². The summed E-state index contributed by atoms with van der Waals surface area (Å²) < 4.78 is 5.23. The van der Waals surface area contributed by atoms with Gasteiger partial charge in [0.05, 0.1) is 18.6 Å². The van der Waals surface area contributed by atoms with Crippen molar-refractivity contribution in [3.05, 3.63) is 0 Å². The van der Waals surface area contributed by atoms with Crippen LogP contribution < -0.4 is 0 Å². The second-order valence-corrected chi connectivity index (χ2v) is 6.06. The van der Waals surface area contributed by atoms with Crippen molar-refractivity contribution < 1.29 is 24.5 Å². The summed E-state index contributed by atoms with van der Waals surface area (Å²) in [5.41, 5.74) is -0.898. The van der Waals surface area contributed by atoms with Gasteiger partial charge in [-0.05, 0) is 12.8 Å². The van der Waals surface area contributed by atoms with Gasteiger partial charge in [-0.2, -0.15) is 0 Å². The minimum atomic E-state index is -0.898. The molecule has 1 unspecified atom stereocenters. The zero-order valence-corrected chi connectivity index (χ0v) is 12.5. The molecule has 2 N–H and O–H groups in total. The molecule has 0 saturated carbocycles. The van der Waals surface area contributed by atoms with Crippen LogP contribution in [-0.4, -0.2) is 77.0 Å². The number of carbonyl (C=O) groups excluding carboxylic acids is 1. The van der Waals surface area contributed by atoms with Gasteiger partial charge in [0.1, 0.15) is 0 Å². The number of amides is 2. The van der Waals surface area contributed by atoms with Crippen molar-refractivity contribution >= 4 is 12.0 Å². The Morgan fingerprint density at radius 3 is 2.67 bits per heavy atom. The molecule has 0 aromatic carbocycles. The third-order valence-electron chi connectivity index (χ3n) is 4.31. The number of urea groups is 1. The molecule has 0 spiro atoms. The van der Waals surface area contributed by atoms with E-state index in [4.69, 9.17) is 9.84 Å². The lowest BCUT2D eigenvalue weighted by Gasteiger charge is -2.37. The minimum absolute atomic E-state index is 0.0162. The highest BCUT2D eigenvalue weighted by Gasteiger charge is 2.36. The molecule has 7 heteroatoms. The Balaban J connectivity index is 1.93. The second-order valence-electron chi connectivity index (χ2n) is 6.06. The van der Waals surface area contributed by atoms with Crippen molar-refractivity contribution in [2.45, 2.75) is 43.7 Å². The van der Waals surface area contributed by atoms with E-state index in [0.29, 0.717) is 32.6 Å². The standard InChI is InChI=1S/C14H24N2O5/c1-15(10-14(20)4-7-21-8-5-14)13(19)16-6-2-3-11(16)9-12(17)18/h11,20H,2-10H2,1H3,(H,17,18). The fourth-order valence-electron chi connectivity index (χ4n) is 3.14. The van der Waals surface area contributed by atoms with E-state index in [-0.39, 0.29) is 25.0 Å². The molecule has 0 aliphatic carbocycles. The number of likely N-dealkylation sites (N-methyl/N-ethyl adjacent to an activating group) is 1. The summed E-state index contributed by atoms with van der Waals surface area (Å²) in [7, 11) is 1.66. The van der Waals surface area contributed by atoms with Gasteiger partial charge in [0.25, 0.3) is 0 Å². The van der Waals surface area contributed by atoms with E-state index in [0.717, 1.165) is 12.8 Å². The molecule has 0 aromatic rings. The second kappa shape index (κ2) is 6.62. The monoisotopic (exact) mass is 300 g/mol. The third kappa shape index (κ3) is 4.07. The first-order chi connectivity index (χ1) is 9.91. The molecule has 2 aliphatic heterocycles. The number of aliphatic carboxylic acids is 1. The average molecular weight is 300 g/mol. The van der Waals surface area contributed by atoms with Gasteiger partial charge in [0.15, 0.2) is 0 Å². The number of rotatable bonds is 4. The summed E-state index contributed by atoms with van der Waals surface area (Å²) in [5.74, 6) is -0.884. The van der Waals surface area contributed by atoms with E-state index in [1.54, 1.807) is 11.9 Å². The van der Waals surface area contributed by atoms with Crippen LogP contribution in [0, 0.1) is 0 Å². The molecule has 2 rings (SSSR count). The lowest BCUT2D eigenvalue weighted by Crippen LogP contribution is -2.51. The van der Waals surface area contributed by atoms with Gasteiger partial charge >= 0.3 is 12.0 Å². The molecule has 0 radical (unpaired) electrons. The van der Waals surface area contributed by atoms with Crippen LogP contribution in [0.1, 0.15) is 32.1 Å². The Labute approximate surface area is 124 Å². The number of hydrogen-bond acceptors (Lipinski definition) is 4. The van der Waals surface area contributed by atoms with Crippen molar-refractivity contribution in [2.24, 2.45) is 0 Å². The number of nitrogens with zero attached hydrogens (tertiary/aromatic N) is 2. The van der Waals surface area contributed by atoms with E-state index in [1.165, 1.54) is 4.90 Å². The van der Waals surface area contributed by atoms with Crippen LogP contribution in [-0.2, 0) is 9.53 Å². The third-order valence-corrected chi connectivity index (χ3v) is 4.31. The molecule has 2 saturated heterocycles. The zero-order valence-electron chi connectivity index (χ0n) is 12.5. The number of carboxylic acid groups (broad SMARTS) is 1. The summed E-state index contributed by atoms with van der Waals surface area (Å²) in [6.07, 6.45) is 2.57. The Bertz CT molecular complexity index is 395. The van der Waals surface area contributed by atoms with Crippen LogP contribution in [0.4, 0.5) is 4.79 Å². The number of ether oxygens (including phenoxy) is 1. The quantitative estimate of drug-likeness (QED) is 0.790. The van der Waals surface area contributed by atoms with Gasteiger partial charge in [0.2, 0.25) is 0 Å². The Kier molecular flexibility index (Phi) is 5.05. The van der Waals surface area contributed by atoms with Crippen LogP contribution in [0.5, 0.6) is 0 Å². The van der Waals surface area contributed by atoms with Crippen LogP contribution in [0.3, 0.4) is 0 Å². The van der Waals surface area contributed by atoms with Gasteiger partial charge in [-0.15, -0.1) is 0 Å². The van der Waals surface area contributed by atoms with Crippen molar-refractivity contribution in [3.63, 3.8) is 0 Å². The highest BCUT2D eigenvalue weighted by atomic mass is 16.5. The summed E-state index contributed by atoms with van der Waals surface area (Å²) >= 11 is 0. The topological polar surface area (TPSA) is 90.3 Å². The first-order valence-electron chi connectivity index (χ1n) is 7.45. The Hall–Kier alpha value is -1.34.